The molecule has 0 aliphatic rings. The number of nitrogens with one attached hydrogen (secondary N) is 1. The number of thiazole rings is 1. The molecule has 11 nitrogen and oxygen atoms in total. The molecule has 2 heterocycles. The zero-order chi connectivity index (χ0) is 22.3. The van der Waals surface area contributed by atoms with E-state index in [1.807, 2.05) is 0 Å². The Morgan fingerprint density at radius 3 is 2.42 bits per heavy atom. The maximum absolute atomic E-state index is 13.5. The molecule has 1 N–H and O–H groups in total. The normalized spacial score (nSPS) is 10.9. The minimum Gasteiger partial charge on any atom is -0.306 e. The van der Waals surface area contributed by atoms with E-state index in [4.69, 9.17) is 0 Å². The minimum atomic E-state index is -0.821. The summed E-state index contributed by atoms with van der Waals surface area (Å²) < 4.78 is 15.4. The number of nitro benzene ring substituents is 2. The molecule has 0 unspecified atom stereocenters. The predicted octanol–water partition coefficient (Wildman–Crippen LogP) is 4.00. The number of hydrogen-bond acceptors (Lipinski definition) is 8. The van der Waals surface area contributed by atoms with Gasteiger partial charge in [0, 0.05) is 18.2 Å². The fraction of sp³-hybridized carbons (Fsp3) is 0.0556. The van der Waals surface area contributed by atoms with Crippen molar-refractivity contribution in [2.24, 2.45) is 0 Å². The zero-order valence-corrected chi connectivity index (χ0v) is 16.4. The van der Waals surface area contributed by atoms with Crippen molar-refractivity contribution in [2.45, 2.75) is 6.92 Å². The number of anilines is 1. The summed E-state index contributed by atoms with van der Waals surface area (Å²) in [5.41, 5.74) is -0.362. The lowest BCUT2D eigenvalue weighted by molar-refractivity contribution is -0.394. The number of carbonyl (C=O) groups is 1. The highest BCUT2D eigenvalue weighted by Gasteiger charge is 2.21. The average Bonchev–Trinajstić information content (AvgIpc) is 3.29. The number of hydrogen-bond donors (Lipinski definition) is 1. The van der Waals surface area contributed by atoms with E-state index in [0.29, 0.717) is 21.0 Å². The van der Waals surface area contributed by atoms with E-state index in [1.165, 1.54) is 28.9 Å². The van der Waals surface area contributed by atoms with Gasteiger partial charge in [0.05, 0.1) is 37.4 Å². The van der Waals surface area contributed by atoms with E-state index < -0.39 is 32.9 Å². The smallest absolute Gasteiger partial charge is 0.277 e. The monoisotopic (exact) mass is 442 g/mol. The molecular formula is C18H11FN6O5S. The van der Waals surface area contributed by atoms with Crippen LogP contribution in [0.1, 0.15) is 16.1 Å². The third kappa shape index (κ3) is 3.93. The lowest BCUT2D eigenvalue weighted by Crippen LogP contribution is -2.15. The third-order valence-corrected chi connectivity index (χ3v) is 5.17. The highest BCUT2D eigenvalue weighted by Crippen LogP contribution is 2.29. The van der Waals surface area contributed by atoms with Gasteiger partial charge in [0.15, 0.2) is 0 Å². The second-order valence-electron chi connectivity index (χ2n) is 6.40. The maximum Gasteiger partial charge on any atom is 0.277 e. The van der Waals surface area contributed by atoms with Crippen LogP contribution in [0.15, 0.2) is 42.5 Å². The first kappa shape index (κ1) is 20.0. The van der Waals surface area contributed by atoms with Gasteiger partial charge in [0.2, 0.25) is 5.13 Å². The summed E-state index contributed by atoms with van der Waals surface area (Å²) in [5, 5.41) is 29.3. The molecule has 0 atom stereocenters. The van der Waals surface area contributed by atoms with Crippen LogP contribution in [0.3, 0.4) is 0 Å². The van der Waals surface area contributed by atoms with Crippen molar-refractivity contribution in [3.8, 4) is 5.13 Å². The Balaban J connectivity index is 1.71. The molecule has 4 rings (SSSR count). The molecule has 2 aromatic heterocycles. The van der Waals surface area contributed by atoms with E-state index in [-0.39, 0.29) is 11.4 Å². The molecule has 0 aliphatic carbocycles. The summed E-state index contributed by atoms with van der Waals surface area (Å²) in [7, 11) is 0. The fourth-order valence-corrected chi connectivity index (χ4v) is 3.79. The van der Waals surface area contributed by atoms with Gasteiger partial charge < -0.3 is 5.32 Å². The van der Waals surface area contributed by atoms with Gasteiger partial charge in [-0.25, -0.2) is 9.37 Å². The molecule has 2 aromatic carbocycles. The minimum absolute atomic E-state index is 0.191. The second-order valence-corrected chi connectivity index (χ2v) is 7.41. The first-order valence-corrected chi connectivity index (χ1v) is 9.41. The largest absolute Gasteiger partial charge is 0.306 e. The molecule has 0 radical (unpaired) electrons. The number of non-ortho nitro benzene ring substituents is 2. The van der Waals surface area contributed by atoms with Gasteiger partial charge in [-0.15, -0.1) is 0 Å². The number of fused-ring (bicyclic) bond motifs is 1. The van der Waals surface area contributed by atoms with E-state index in [2.05, 4.69) is 15.4 Å². The van der Waals surface area contributed by atoms with E-state index in [1.54, 1.807) is 6.92 Å². The van der Waals surface area contributed by atoms with Gasteiger partial charge in [0.25, 0.3) is 17.3 Å². The van der Waals surface area contributed by atoms with Crippen LogP contribution in [-0.2, 0) is 0 Å². The zero-order valence-electron chi connectivity index (χ0n) is 15.6. The van der Waals surface area contributed by atoms with Crippen molar-refractivity contribution >= 4 is 44.7 Å². The Hall–Kier alpha value is -4.26. The van der Waals surface area contributed by atoms with Crippen LogP contribution in [0, 0.1) is 33.0 Å². The maximum atomic E-state index is 13.5. The van der Waals surface area contributed by atoms with Crippen LogP contribution in [0.4, 0.5) is 21.6 Å². The van der Waals surface area contributed by atoms with Crippen molar-refractivity contribution in [3.63, 3.8) is 0 Å². The van der Waals surface area contributed by atoms with Crippen molar-refractivity contribution in [1.29, 1.82) is 0 Å². The Morgan fingerprint density at radius 1 is 1.10 bits per heavy atom. The molecule has 0 fully saturated rings. The SMILES string of the molecule is Cc1cc(NC(=O)c2cc([N+](=O)[O-])cc([N+](=O)[O-])c2)n(-c2nc3ccc(F)cc3s2)n1. The highest BCUT2D eigenvalue weighted by atomic mass is 32.1. The van der Waals surface area contributed by atoms with Crippen LogP contribution in [0.5, 0.6) is 0 Å². The van der Waals surface area contributed by atoms with Gasteiger partial charge in [-0.3, -0.25) is 25.0 Å². The molecule has 0 saturated heterocycles. The number of nitro groups is 2. The van der Waals surface area contributed by atoms with Gasteiger partial charge >= 0.3 is 0 Å². The molecule has 156 valence electrons. The number of amides is 1. The molecule has 0 spiro atoms. The molecule has 1 amide bonds. The number of halogens is 1. The van der Waals surface area contributed by atoms with Crippen LogP contribution >= 0.6 is 11.3 Å². The predicted molar refractivity (Wildman–Crippen MR) is 109 cm³/mol. The van der Waals surface area contributed by atoms with Crippen LogP contribution < -0.4 is 5.32 Å². The van der Waals surface area contributed by atoms with Gasteiger partial charge in [-0.2, -0.15) is 9.78 Å². The number of aromatic nitrogens is 3. The highest BCUT2D eigenvalue weighted by molar-refractivity contribution is 7.20. The quantitative estimate of drug-likeness (QED) is 0.363. The van der Waals surface area contributed by atoms with Crippen LogP contribution in [0.25, 0.3) is 15.3 Å². The first-order chi connectivity index (χ1) is 14.7. The summed E-state index contributed by atoms with van der Waals surface area (Å²) in [6.07, 6.45) is 0. The van der Waals surface area contributed by atoms with Crippen molar-refractivity contribution < 1.29 is 19.0 Å². The lowest BCUT2D eigenvalue weighted by Gasteiger charge is -2.06. The summed E-state index contributed by atoms with van der Waals surface area (Å²) >= 11 is 1.15. The lowest BCUT2D eigenvalue weighted by atomic mass is 10.1. The third-order valence-electron chi connectivity index (χ3n) is 4.18. The Kier molecular flexibility index (Phi) is 4.87. The number of rotatable bonds is 5. The number of nitrogens with zero attached hydrogens (tertiary/aromatic N) is 5. The topological polar surface area (TPSA) is 146 Å². The fourth-order valence-electron chi connectivity index (χ4n) is 2.84. The molecule has 4 aromatic rings. The number of carbonyl (C=O) groups excluding carboxylic acids is 1. The van der Waals surface area contributed by atoms with Gasteiger partial charge in [-0.05, 0) is 25.1 Å². The molecule has 0 saturated carbocycles. The summed E-state index contributed by atoms with van der Waals surface area (Å²) in [6.45, 7) is 1.68. The molecule has 13 heteroatoms. The molecule has 31 heavy (non-hydrogen) atoms. The van der Waals surface area contributed by atoms with Gasteiger partial charge in [0.1, 0.15) is 11.6 Å². The van der Waals surface area contributed by atoms with Crippen LogP contribution in [0.2, 0.25) is 0 Å². The van der Waals surface area contributed by atoms with E-state index >= 15 is 0 Å². The Bertz CT molecular complexity index is 1350. The van der Waals surface area contributed by atoms with Crippen molar-refractivity contribution in [2.75, 3.05) is 5.32 Å². The number of benzene rings is 2. The summed E-state index contributed by atoms with van der Waals surface area (Å²) in [4.78, 5) is 37.6. The van der Waals surface area contributed by atoms with Crippen molar-refractivity contribution in [3.05, 3.63) is 79.8 Å². The number of aryl methyl sites for hydroxylation is 1. The molecular weight excluding hydrogens is 431 g/mol. The molecule has 0 aliphatic heterocycles. The standard InChI is InChI=1S/C18H11FN6O5S/c1-9-4-16(23(22-9)18-20-14-3-2-11(19)7-15(14)31-18)21-17(26)10-5-12(24(27)28)8-13(6-10)25(29)30/h2-8H,1H3,(H,21,26). The van der Waals surface area contributed by atoms with Crippen molar-refractivity contribution in [1.82, 2.24) is 14.8 Å². The summed E-state index contributed by atoms with van der Waals surface area (Å²) in [5.74, 6) is -1.03. The summed E-state index contributed by atoms with van der Waals surface area (Å²) in [6, 6.07) is 8.31. The van der Waals surface area contributed by atoms with Gasteiger partial charge in [-0.1, -0.05) is 11.3 Å². The Morgan fingerprint density at radius 2 is 1.77 bits per heavy atom. The molecule has 0 bridgehead atoms. The average molecular weight is 442 g/mol. The first-order valence-electron chi connectivity index (χ1n) is 8.59. The van der Waals surface area contributed by atoms with E-state index in [9.17, 15) is 29.4 Å². The van der Waals surface area contributed by atoms with E-state index in [0.717, 1.165) is 29.5 Å². The Labute approximate surface area is 176 Å². The second kappa shape index (κ2) is 7.53. The van der Waals surface area contributed by atoms with Crippen LogP contribution in [-0.4, -0.2) is 30.5 Å².